The van der Waals surface area contributed by atoms with Gasteiger partial charge in [-0.3, -0.25) is 9.35 Å². The van der Waals surface area contributed by atoms with Crippen LogP contribution in [0.4, 0.5) is 5.69 Å². The van der Waals surface area contributed by atoms with Gasteiger partial charge in [-0.2, -0.15) is 18.5 Å². The topological polar surface area (TPSA) is 106 Å². The summed E-state index contributed by atoms with van der Waals surface area (Å²) in [6.45, 7) is 2.11. The molecule has 0 aliphatic carbocycles. The largest absolute Gasteiger partial charge is 0.493 e. The van der Waals surface area contributed by atoms with Gasteiger partial charge in [0.25, 0.3) is 16.0 Å². The Kier molecular flexibility index (Phi) is 6.49. The van der Waals surface area contributed by atoms with Gasteiger partial charge in [-0.1, -0.05) is 36.4 Å². The molecule has 0 aromatic heterocycles. The molecule has 1 aliphatic heterocycles. The zero-order valence-electron chi connectivity index (χ0n) is 18.5. The molecule has 0 saturated heterocycles. The number of amides is 1. The van der Waals surface area contributed by atoms with E-state index < -0.39 is 10.1 Å². The van der Waals surface area contributed by atoms with Gasteiger partial charge >= 0.3 is 0 Å². The SMILES string of the molecule is COc1cc(/C=C2\C(=O)N(c3ccc(S(=O)(=O)O)cc3)N=C2C)ccc1OCc1ccccc1. The highest BCUT2D eigenvalue weighted by atomic mass is 32.2. The van der Waals surface area contributed by atoms with E-state index in [1.165, 1.54) is 29.3 Å². The molecule has 1 N–H and O–H groups in total. The summed E-state index contributed by atoms with van der Waals surface area (Å²) >= 11 is 0. The number of hydrogen-bond donors (Lipinski definition) is 1. The highest BCUT2D eigenvalue weighted by molar-refractivity contribution is 7.85. The van der Waals surface area contributed by atoms with E-state index in [1.807, 2.05) is 36.4 Å². The van der Waals surface area contributed by atoms with Crippen LogP contribution in [0.2, 0.25) is 0 Å². The normalized spacial score (nSPS) is 14.9. The Hall–Kier alpha value is -3.95. The van der Waals surface area contributed by atoms with E-state index in [1.54, 1.807) is 32.2 Å². The average Bonchev–Trinajstić information content (AvgIpc) is 3.11. The van der Waals surface area contributed by atoms with Gasteiger partial charge < -0.3 is 9.47 Å². The third kappa shape index (κ3) is 5.00. The molecule has 0 saturated carbocycles. The second-order valence-electron chi connectivity index (χ2n) is 7.51. The minimum atomic E-state index is -4.32. The van der Waals surface area contributed by atoms with Crippen LogP contribution in [0, 0.1) is 0 Å². The van der Waals surface area contributed by atoms with E-state index >= 15 is 0 Å². The summed E-state index contributed by atoms with van der Waals surface area (Å²) in [5.74, 6) is 0.751. The van der Waals surface area contributed by atoms with Gasteiger partial charge in [-0.25, -0.2) is 0 Å². The van der Waals surface area contributed by atoms with Gasteiger partial charge in [-0.05, 0) is 60.5 Å². The molecule has 1 heterocycles. The zero-order valence-corrected chi connectivity index (χ0v) is 19.3. The van der Waals surface area contributed by atoms with Gasteiger partial charge in [-0.15, -0.1) is 0 Å². The first-order valence-electron chi connectivity index (χ1n) is 10.3. The number of carbonyl (C=O) groups excluding carboxylic acids is 1. The Morgan fingerprint density at radius 3 is 2.35 bits per heavy atom. The lowest BCUT2D eigenvalue weighted by Gasteiger charge is -2.12. The van der Waals surface area contributed by atoms with Gasteiger partial charge in [0, 0.05) is 0 Å². The van der Waals surface area contributed by atoms with Crippen molar-refractivity contribution in [3.05, 3.63) is 89.5 Å². The van der Waals surface area contributed by atoms with E-state index in [0.717, 1.165) is 11.1 Å². The molecule has 0 spiro atoms. The van der Waals surface area contributed by atoms with Crippen molar-refractivity contribution in [1.82, 2.24) is 0 Å². The van der Waals surface area contributed by atoms with E-state index in [0.29, 0.717) is 35.1 Å². The maximum atomic E-state index is 13.0. The van der Waals surface area contributed by atoms with Gasteiger partial charge in [0.2, 0.25) is 0 Å². The fourth-order valence-electron chi connectivity index (χ4n) is 3.41. The molecule has 0 bridgehead atoms. The number of rotatable bonds is 7. The smallest absolute Gasteiger partial charge is 0.294 e. The third-order valence-corrected chi connectivity index (χ3v) is 6.05. The number of hydrazone groups is 1. The van der Waals surface area contributed by atoms with E-state index in [9.17, 15) is 13.2 Å². The summed E-state index contributed by atoms with van der Waals surface area (Å²) in [5, 5.41) is 5.48. The molecule has 0 fully saturated rings. The highest BCUT2D eigenvalue weighted by Gasteiger charge is 2.29. The van der Waals surface area contributed by atoms with Gasteiger partial charge in [0.05, 0.1) is 29.0 Å². The Bertz CT molecular complexity index is 1380. The summed E-state index contributed by atoms with van der Waals surface area (Å²) < 4.78 is 43.0. The molecule has 1 amide bonds. The minimum absolute atomic E-state index is 0.263. The minimum Gasteiger partial charge on any atom is -0.493 e. The first kappa shape index (κ1) is 23.2. The van der Waals surface area contributed by atoms with E-state index in [2.05, 4.69) is 5.10 Å². The van der Waals surface area contributed by atoms with Crippen LogP contribution >= 0.6 is 0 Å². The predicted octanol–water partition coefficient (Wildman–Crippen LogP) is 4.33. The van der Waals surface area contributed by atoms with Crippen molar-refractivity contribution >= 4 is 33.5 Å². The Balaban J connectivity index is 1.54. The van der Waals surface area contributed by atoms with Crippen molar-refractivity contribution in [2.45, 2.75) is 18.4 Å². The molecule has 9 heteroatoms. The second kappa shape index (κ2) is 9.50. The number of carbonyl (C=O) groups is 1. The third-order valence-electron chi connectivity index (χ3n) is 5.18. The molecule has 8 nitrogen and oxygen atoms in total. The molecule has 3 aromatic carbocycles. The van der Waals surface area contributed by atoms with Crippen molar-refractivity contribution in [3.63, 3.8) is 0 Å². The van der Waals surface area contributed by atoms with Crippen LogP contribution < -0.4 is 14.5 Å². The number of anilines is 1. The fourth-order valence-corrected chi connectivity index (χ4v) is 3.89. The highest BCUT2D eigenvalue weighted by Crippen LogP contribution is 2.31. The van der Waals surface area contributed by atoms with Crippen molar-refractivity contribution in [3.8, 4) is 11.5 Å². The molecule has 3 aromatic rings. The predicted molar refractivity (Wildman–Crippen MR) is 129 cm³/mol. The van der Waals surface area contributed by atoms with Crippen LogP contribution in [0.5, 0.6) is 11.5 Å². The summed E-state index contributed by atoms with van der Waals surface area (Å²) in [7, 11) is -2.77. The fraction of sp³-hybridized carbons (Fsp3) is 0.120. The lowest BCUT2D eigenvalue weighted by molar-refractivity contribution is -0.114. The molecule has 0 atom stereocenters. The second-order valence-corrected chi connectivity index (χ2v) is 8.94. The van der Waals surface area contributed by atoms with Gasteiger partial charge in [0.15, 0.2) is 11.5 Å². The van der Waals surface area contributed by atoms with Crippen LogP contribution in [-0.4, -0.2) is 31.7 Å². The summed E-state index contributed by atoms with van der Waals surface area (Å²) in [4.78, 5) is 12.7. The Morgan fingerprint density at radius 2 is 1.71 bits per heavy atom. The van der Waals surface area contributed by atoms with Crippen LogP contribution in [0.25, 0.3) is 6.08 Å². The number of methoxy groups -OCH3 is 1. The van der Waals surface area contributed by atoms with Crippen LogP contribution in [0.3, 0.4) is 0 Å². The molecular formula is C25H22N2O6S. The van der Waals surface area contributed by atoms with E-state index in [4.69, 9.17) is 14.0 Å². The van der Waals surface area contributed by atoms with Crippen molar-refractivity contribution < 1.29 is 27.2 Å². The van der Waals surface area contributed by atoms with Crippen molar-refractivity contribution in [2.75, 3.05) is 12.1 Å². The van der Waals surface area contributed by atoms with Crippen molar-refractivity contribution in [2.24, 2.45) is 5.10 Å². The van der Waals surface area contributed by atoms with Gasteiger partial charge in [0.1, 0.15) is 6.61 Å². The summed E-state index contributed by atoms with van der Waals surface area (Å²) in [6.07, 6.45) is 1.71. The Labute approximate surface area is 197 Å². The molecule has 0 radical (unpaired) electrons. The monoisotopic (exact) mass is 478 g/mol. The molecule has 4 rings (SSSR count). The summed E-state index contributed by atoms with van der Waals surface area (Å²) in [6, 6.07) is 20.4. The average molecular weight is 479 g/mol. The lowest BCUT2D eigenvalue weighted by Crippen LogP contribution is -2.21. The zero-order chi connectivity index (χ0) is 24.3. The van der Waals surface area contributed by atoms with Crippen molar-refractivity contribution in [1.29, 1.82) is 0 Å². The molecule has 1 aliphatic rings. The van der Waals surface area contributed by atoms with Crippen LogP contribution in [0.1, 0.15) is 18.1 Å². The van der Waals surface area contributed by atoms with Crippen LogP contribution in [0.15, 0.2) is 88.4 Å². The lowest BCUT2D eigenvalue weighted by atomic mass is 10.1. The number of hydrogen-bond acceptors (Lipinski definition) is 6. The van der Waals surface area contributed by atoms with Crippen LogP contribution in [-0.2, 0) is 21.5 Å². The number of nitrogens with zero attached hydrogens (tertiary/aromatic N) is 2. The maximum absolute atomic E-state index is 13.0. The first-order valence-corrected chi connectivity index (χ1v) is 11.7. The number of benzene rings is 3. The molecule has 174 valence electrons. The Morgan fingerprint density at radius 1 is 1.00 bits per heavy atom. The molecule has 0 unspecified atom stereocenters. The maximum Gasteiger partial charge on any atom is 0.294 e. The summed E-state index contributed by atoms with van der Waals surface area (Å²) in [5.41, 5.74) is 3.03. The van der Waals surface area contributed by atoms with E-state index in [-0.39, 0.29) is 10.8 Å². The standard InChI is InChI=1S/C25H22N2O6S/c1-17-22(25(28)27(26-17)20-9-11-21(12-10-20)34(29,30)31)14-19-8-13-23(24(15-19)32-2)33-16-18-6-4-3-5-7-18/h3-15H,16H2,1-2H3,(H,29,30,31)/b22-14-. The molecule has 34 heavy (non-hydrogen) atoms. The molecular weight excluding hydrogens is 456 g/mol. The number of ether oxygens (including phenoxy) is 2. The first-order chi connectivity index (χ1) is 16.3. The quantitative estimate of drug-likeness (QED) is 0.400.